The van der Waals surface area contributed by atoms with E-state index in [0.717, 1.165) is 6.61 Å². The fourth-order valence-electron chi connectivity index (χ4n) is 4.33. The molecule has 2 heteroatoms. The van der Waals surface area contributed by atoms with Crippen LogP contribution in [0.15, 0.2) is 41.5 Å². The molecule has 2 nitrogen and oxygen atoms in total. The summed E-state index contributed by atoms with van der Waals surface area (Å²) in [7, 11) is 0. The van der Waals surface area contributed by atoms with Gasteiger partial charge in [-0.15, -0.1) is 0 Å². The minimum absolute atomic E-state index is 0.500. The molecular formula is C19H23NO. The molecule has 21 heavy (non-hydrogen) atoms. The predicted molar refractivity (Wildman–Crippen MR) is 83.3 cm³/mol. The molecular weight excluding hydrogens is 258 g/mol. The van der Waals surface area contributed by atoms with E-state index >= 15 is 0 Å². The fraction of sp³-hybridized carbons (Fsp3) is 0.526. The van der Waals surface area contributed by atoms with E-state index in [1.54, 1.807) is 11.1 Å². The van der Waals surface area contributed by atoms with Gasteiger partial charge < -0.3 is 4.74 Å². The van der Waals surface area contributed by atoms with Gasteiger partial charge in [-0.25, -0.2) is 0 Å². The van der Waals surface area contributed by atoms with Crippen molar-refractivity contribution in [2.24, 2.45) is 23.7 Å². The molecule has 1 aromatic carbocycles. The quantitative estimate of drug-likeness (QED) is 0.752. The van der Waals surface area contributed by atoms with Crippen molar-refractivity contribution in [3.05, 3.63) is 47.0 Å². The Morgan fingerprint density at radius 3 is 2.43 bits per heavy atom. The van der Waals surface area contributed by atoms with Crippen LogP contribution in [0.2, 0.25) is 0 Å². The van der Waals surface area contributed by atoms with Gasteiger partial charge in [0.2, 0.25) is 0 Å². The summed E-state index contributed by atoms with van der Waals surface area (Å²) >= 11 is 0. The number of ether oxygens (including phenoxy) is 1. The molecule has 0 heterocycles. The van der Waals surface area contributed by atoms with Crippen molar-refractivity contribution >= 4 is 0 Å². The molecule has 0 aliphatic heterocycles. The minimum Gasteiger partial charge on any atom is -0.376 e. The number of allylic oxidation sites excluding steroid dienone is 2. The van der Waals surface area contributed by atoms with Crippen LogP contribution in [0, 0.1) is 35.0 Å². The Morgan fingerprint density at radius 1 is 1.10 bits per heavy atom. The lowest BCUT2D eigenvalue weighted by Gasteiger charge is -2.31. The molecule has 1 unspecified atom stereocenters. The smallest absolute Gasteiger partial charge is 0.0717 e. The SMILES string of the molecule is CC1=C(C)[C@@H]2C[C@H]1C(CC#N)[C@H]2COCc1ccccc1. The van der Waals surface area contributed by atoms with Gasteiger partial charge in [0.15, 0.2) is 0 Å². The molecule has 0 aromatic heterocycles. The molecule has 4 atom stereocenters. The average molecular weight is 281 g/mol. The maximum absolute atomic E-state index is 9.12. The van der Waals surface area contributed by atoms with Gasteiger partial charge >= 0.3 is 0 Å². The molecule has 0 spiro atoms. The number of hydrogen-bond acceptors (Lipinski definition) is 2. The lowest BCUT2D eigenvalue weighted by Crippen LogP contribution is -2.27. The van der Waals surface area contributed by atoms with Crippen LogP contribution in [0.3, 0.4) is 0 Å². The van der Waals surface area contributed by atoms with Gasteiger partial charge in [0, 0.05) is 6.42 Å². The van der Waals surface area contributed by atoms with E-state index in [-0.39, 0.29) is 0 Å². The monoisotopic (exact) mass is 281 g/mol. The van der Waals surface area contributed by atoms with E-state index in [0.29, 0.717) is 36.7 Å². The Balaban J connectivity index is 1.63. The molecule has 2 bridgehead atoms. The van der Waals surface area contributed by atoms with Gasteiger partial charge in [-0.1, -0.05) is 41.5 Å². The lowest BCUT2D eigenvalue weighted by atomic mass is 9.75. The van der Waals surface area contributed by atoms with Gasteiger partial charge in [0.25, 0.3) is 0 Å². The second-order valence-electron chi connectivity index (χ2n) is 6.51. The standard InChI is InChI=1S/C19H23NO/c1-13-14(2)18-10-17(13)16(8-9-20)19(18)12-21-11-15-6-4-3-5-7-15/h3-7,16-19H,8,10-12H2,1-2H3/t16?,17-,18+,19-/m1/s1. The first-order valence-electron chi connectivity index (χ1n) is 7.88. The first-order chi connectivity index (χ1) is 10.2. The summed E-state index contributed by atoms with van der Waals surface area (Å²) in [6.07, 6.45) is 1.91. The van der Waals surface area contributed by atoms with E-state index < -0.39 is 0 Å². The largest absolute Gasteiger partial charge is 0.376 e. The zero-order valence-electron chi connectivity index (χ0n) is 12.9. The molecule has 1 saturated carbocycles. The van der Waals surface area contributed by atoms with Crippen LogP contribution < -0.4 is 0 Å². The normalized spacial score (nSPS) is 30.7. The van der Waals surface area contributed by atoms with Gasteiger partial charge in [0.05, 0.1) is 19.3 Å². The van der Waals surface area contributed by atoms with Crippen molar-refractivity contribution in [3.8, 4) is 6.07 Å². The number of rotatable bonds is 5. The second kappa shape index (κ2) is 6.03. The molecule has 0 saturated heterocycles. The van der Waals surface area contributed by atoms with E-state index in [4.69, 9.17) is 10.00 Å². The van der Waals surface area contributed by atoms with E-state index in [1.807, 2.05) is 18.2 Å². The first-order valence-corrected chi connectivity index (χ1v) is 7.88. The third-order valence-electron chi connectivity index (χ3n) is 5.57. The Hall–Kier alpha value is -1.59. The van der Waals surface area contributed by atoms with Crippen LogP contribution >= 0.6 is 0 Å². The average Bonchev–Trinajstić information content (AvgIpc) is 2.99. The Labute approximate surface area is 127 Å². The zero-order chi connectivity index (χ0) is 14.8. The molecule has 0 N–H and O–H groups in total. The Kier molecular flexibility index (Phi) is 4.12. The van der Waals surface area contributed by atoms with Crippen LogP contribution in [0.25, 0.3) is 0 Å². The highest BCUT2D eigenvalue weighted by Crippen LogP contribution is 2.56. The summed E-state index contributed by atoms with van der Waals surface area (Å²) in [6, 6.07) is 12.7. The zero-order valence-corrected chi connectivity index (χ0v) is 12.9. The Bertz CT molecular complexity index is 569. The molecule has 2 aliphatic rings. The van der Waals surface area contributed by atoms with Crippen molar-refractivity contribution in [3.63, 3.8) is 0 Å². The van der Waals surface area contributed by atoms with Crippen LogP contribution in [0.4, 0.5) is 0 Å². The molecule has 0 amide bonds. The molecule has 0 radical (unpaired) electrons. The van der Waals surface area contributed by atoms with Gasteiger partial charge in [-0.05, 0) is 49.5 Å². The van der Waals surface area contributed by atoms with Crippen molar-refractivity contribution in [2.45, 2.75) is 33.3 Å². The van der Waals surface area contributed by atoms with Gasteiger partial charge in [0.1, 0.15) is 0 Å². The summed E-state index contributed by atoms with van der Waals surface area (Å²) in [5, 5.41) is 9.12. The van der Waals surface area contributed by atoms with Gasteiger partial charge in [-0.3, -0.25) is 0 Å². The Morgan fingerprint density at radius 2 is 1.76 bits per heavy atom. The van der Waals surface area contributed by atoms with Crippen LogP contribution in [-0.4, -0.2) is 6.61 Å². The maximum atomic E-state index is 9.12. The molecule has 1 aromatic rings. The van der Waals surface area contributed by atoms with Crippen molar-refractivity contribution in [1.82, 2.24) is 0 Å². The van der Waals surface area contributed by atoms with E-state index in [1.165, 1.54) is 12.0 Å². The lowest BCUT2D eigenvalue weighted by molar-refractivity contribution is 0.0585. The molecule has 1 fully saturated rings. The van der Waals surface area contributed by atoms with Crippen molar-refractivity contribution in [2.75, 3.05) is 6.61 Å². The van der Waals surface area contributed by atoms with E-state index in [9.17, 15) is 0 Å². The molecule has 110 valence electrons. The topological polar surface area (TPSA) is 33.0 Å². The van der Waals surface area contributed by atoms with E-state index in [2.05, 4.69) is 32.0 Å². The highest BCUT2D eigenvalue weighted by molar-refractivity contribution is 5.29. The van der Waals surface area contributed by atoms with Crippen LogP contribution in [0.5, 0.6) is 0 Å². The minimum atomic E-state index is 0.500. The first kappa shape index (κ1) is 14.4. The maximum Gasteiger partial charge on any atom is 0.0717 e. The number of fused-ring (bicyclic) bond motifs is 2. The number of benzene rings is 1. The molecule has 2 aliphatic carbocycles. The summed E-state index contributed by atoms with van der Waals surface area (Å²) in [5.74, 6) is 2.30. The van der Waals surface area contributed by atoms with Crippen molar-refractivity contribution < 1.29 is 4.74 Å². The summed E-state index contributed by atoms with van der Waals surface area (Å²) in [4.78, 5) is 0. The summed E-state index contributed by atoms with van der Waals surface area (Å²) in [5.41, 5.74) is 4.32. The number of nitrogens with zero attached hydrogens (tertiary/aromatic N) is 1. The molecule has 3 rings (SSSR count). The highest BCUT2D eigenvalue weighted by Gasteiger charge is 2.49. The second-order valence-corrected chi connectivity index (χ2v) is 6.51. The van der Waals surface area contributed by atoms with Crippen LogP contribution in [-0.2, 0) is 11.3 Å². The third kappa shape index (κ3) is 2.63. The summed E-state index contributed by atoms with van der Waals surface area (Å²) in [6.45, 7) is 5.99. The highest BCUT2D eigenvalue weighted by atomic mass is 16.5. The summed E-state index contributed by atoms with van der Waals surface area (Å²) < 4.78 is 5.98. The van der Waals surface area contributed by atoms with Crippen molar-refractivity contribution in [1.29, 1.82) is 5.26 Å². The number of nitriles is 1. The predicted octanol–water partition coefficient (Wildman–Crippen LogP) is 4.34. The number of hydrogen-bond donors (Lipinski definition) is 0. The van der Waals surface area contributed by atoms with Gasteiger partial charge in [-0.2, -0.15) is 5.26 Å². The third-order valence-corrected chi connectivity index (χ3v) is 5.57. The fourth-order valence-corrected chi connectivity index (χ4v) is 4.33. The van der Waals surface area contributed by atoms with Crippen LogP contribution in [0.1, 0.15) is 32.3 Å².